The van der Waals surface area contributed by atoms with Crippen LogP contribution in [0, 0.1) is 5.82 Å². The largest absolute Gasteiger partial charge is 0.382 e. The maximum Gasteiger partial charge on any atom is 0.166 e. The summed E-state index contributed by atoms with van der Waals surface area (Å²) in [5.41, 5.74) is 9.01. The van der Waals surface area contributed by atoms with Crippen molar-refractivity contribution in [1.82, 2.24) is 29.5 Å². The van der Waals surface area contributed by atoms with Crippen LogP contribution in [0.3, 0.4) is 0 Å². The third-order valence-corrected chi connectivity index (χ3v) is 4.53. The molecule has 5 aromatic rings. The number of aromatic amines is 1. The van der Waals surface area contributed by atoms with Crippen LogP contribution in [0.2, 0.25) is 0 Å². The Kier molecular flexibility index (Phi) is 3.36. The van der Waals surface area contributed by atoms with Crippen LogP contribution in [0.15, 0.2) is 61.2 Å². The lowest BCUT2D eigenvalue weighted by Gasteiger charge is -2.18. The minimum absolute atomic E-state index is 0.274. The monoisotopic (exact) mass is 359 g/mol. The van der Waals surface area contributed by atoms with Crippen LogP contribution >= 0.6 is 0 Å². The van der Waals surface area contributed by atoms with E-state index in [9.17, 15) is 4.39 Å². The van der Waals surface area contributed by atoms with Crippen molar-refractivity contribution in [3.63, 3.8) is 0 Å². The molecule has 0 spiro atoms. The van der Waals surface area contributed by atoms with Crippen LogP contribution in [-0.4, -0.2) is 29.5 Å². The zero-order valence-electron chi connectivity index (χ0n) is 14.0. The second-order valence-corrected chi connectivity index (χ2v) is 6.15. The van der Waals surface area contributed by atoms with Gasteiger partial charge >= 0.3 is 0 Å². The van der Waals surface area contributed by atoms with Gasteiger partial charge in [-0.2, -0.15) is 0 Å². The summed E-state index contributed by atoms with van der Waals surface area (Å²) in [6.45, 7) is 0. The van der Waals surface area contributed by atoms with Crippen molar-refractivity contribution in [2.75, 3.05) is 5.73 Å². The van der Waals surface area contributed by atoms with E-state index in [1.807, 2.05) is 24.3 Å². The molecule has 0 bridgehead atoms. The number of aromatic nitrogens is 6. The van der Waals surface area contributed by atoms with Gasteiger partial charge in [-0.1, -0.05) is 30.3 Å². The Morgan fingerprint density at radius 3 is 2.67 bits per heavy atom. The number of anilines is 1. The molecular weight excluding hydrogens is 345 g/mol. The highest BCUT2D eigenvalue weighted by molar-refractivity contribution is 5.81. The number of nitrogens with zero attached hydrogens (tertiary/aromatic N) is 5. The van der Waals surface area contributed by atoms with Crippen molar-refractivity contribution in [2.24, 2.45) is 0 Å². The van der Waals surface area contributed by atoms with E-state index in [-0.39, 0.29) is 11.6 Å². The maximum absolute atomic E-state index is 14.7. The molecule has 0 saturated carbocycles. The summed E-state index contributed by atoms with van der Waals surface area (Å²) in [5.74, 6) is 0.514. The van der Waals surface area contributed by atoms with Crippen LogP contribution in [0.5, 0.6) is 0 Å². The number of H-pyrrole nitrogens is 1. The summed E-state index contributed by atoms with van der Waals surface area (Å²) in [5, 5.41) is 0. The van der Waals surface area contributed by atoms with Gasteiger partial charge in [0.25, 0.3) is 0 Å². The normalized spacial score (nSPS) is 12.6. The van der Waals surface area contributed by atoms with E-state index in [2.05, 4.69) is 24.9 Å². The average molecular weight is 359 g/mol. The van der Waals surface area contributed by atoms with E-state index in [1.54, 1.807) is 29.1 Å². The first-order valence-electron chi connectivity index (χ1n) is 8.34. The van der Waals surface area contributed by atoms with Crippen LogP contribution in [0.1, 0.15) is 17.4 Å². The van der Waals surface area contributed by atoms with Gasteiger partial charge in [-0.3, -0.25) is 4.57 Å². The van der Waals surface area contributed by atoms with Crippen molar-refractivity contribution < 1.29 is 4.39 Å². The van der Waals surface area contributed by atoms with E-state index < -0.39 is 6.04 Å². The number of nitrogens with two attached hydrogens (primary N) is 1. The van der Waals surface area contributed by atoms with E-state index >= 15 is 0 Å². The number of halogens is 1. The lowest BCUT2D eigenvalue weighted by molar-refractivity contribution is 0.566. The highest BCUT2D eigenvalue weighted by Crippen LogP contribution is 2.31. The minimum atomic E-state index is -0.585. The van der Waals surface area contributed by atoms with Crippen molar-refractivity contribution in [2.45, 2.75) is 6.04 Å². The first-order valence-corrected chi connectivity index (χ1v) is 8.34. The SMILES string of the molecule is Nc1ncnc2c1ncn2C(c1nc2ccccc2[nH]1)c1ccccc1F. The molecule has 2 aromatic carbocycles. The highest BCUT2D eigenvalue weighted by Gasteiger charge is 2.25. The van der Waals surface area contributed by atoms with Gasteiger partial charge in [-0.25, -0.2) is 24.3 Å². The zero-order chi connectivity index (χ0) is 18.4. The zero-order valence-corrected chi connectivity index (χ0v) is 14.0. The molecule has 1 unspecified atom stereocenters. The van der Waals surface area contributed by atoms with Gasteiger partial charge in [-0.15, -0.1) is 0 Å². The summed E-state index contributed by atoms with van der Waals surface area (Å²) >= 11 is 0. The number of fused-ring (bicyclic) bond motifs is 2. The Hall–Kier alpha value is -3.81. The number of hydrogen-bond donors (Lipinski definition) is 2. The molecule has 0 amide bonds. The van der Waals surface area contributed by atoms with E-state index in [0.717, 1.165) is 11.0 Å². The number of hydrogen-bond acceptors (Lipinski definition) is 5. The molecule has 0 fully saturated rings. The van der Waals surface area contributed by atoms with Crippen LogP contribution in [0.4, 0.5) is 10.2 Å². The topological polar surface area (TPSA) is 98.3 Å². The molecular formula is C19H14FN7. The smallest absolute Gasteiger partial charge is 0.166 e. The summed E-state index contributed by atoms with van der Waals surface area (Å²) in [7, 11) is 0. The summed E-state index contributed by atoms with van der Waals surface area (Å²) in [4.78, 5) is 20.6. The number of imidazole rings is 2. The molecule has 3 N–H and O–H groups in total. The van der Waals surface area contributed by atoms with Crippen molar-refractivity contribution in [1.29, 1.82) is 0 Å². The third kappa shape index (κ3) is 2.42. The van der Waals surface area contributed by atoms with Crippen molar-refractivity contribution >= 4 is 28.0 Å². The molecule has 1 atom stereocenters. The number of nitrogens with one attached hydrogen (secondary N) is 1. The number of para-hydroxylation sites is 2. The Bertz CT molecular complexity index is 1240. The summed E-state index contributed by atoms with van der Waals surface area (Å²) < 4.78 is 16.5. The Labute approximate surface area is 152 Å². The second kappa shape index (κ2) is 5.87. The molecule has 5 rings (SSSR count). The molecule has 132 valence electrons. The maximum atomic E-state index is 14.7. The van der Waals surface area contributed by atoms with Gasteiger partial charge in [0.2, 0.25) is 0 Å². The van der Waals surface area contributed by atoms with E-state index in [4.69, 9.17) is 5.73 Å². The third-order valence-electron chi connectivity index (χ3n) is 4.53. The standard InChI is InChI=1S/C19H14FN7/c20-12-6-2-1-5-11(12)16(18-25-13-7-3-4-8-14(13)26-18)27-10-24-15-17(21)22-9-23-19(15)27/h1-10,16H,(H,25,26)(H2,21,22,23). The molecule has 8 heteroatoms. The number of benzene rings is 2. The molecule has 0 aliphatic heterocycles. The Morgan fingerprint density at radius 2 is 1.81 bits per heavy atom. The molecule has 3 aromatic heterocycles. The lowest BCUT2D eigenvalue weighted by atomic mass is 10.1. The molecule has 0 aliphatic carbocycles. The van der Waals surface area contributed by atoms with Crippen LogP contribution < -0.4 is 5.73 Å². The van der Waals surface area contributed by atoms with Gasteiger partial charge in [0.05, 0.1) is 17.4 Å². The Morgan fingerprint density at radius 1 is 1.00 bits per heavy atom. The highest BCUT2D eigenvalue weighted by atomic mass is 19.1. The van der Waals surface area contributed by atoms with Crippen LogP contribution in [0.25, 0.3) is 22.2 Å². The summed E-state index contributed by atoms with van der Waals surface area (Å²) in [6.07, 6.45) is 2.95. The minimum Gasteiger partial charge on any atom is -0.382 e. The fourth-order valence-corrected chi connectivity index (χ4v) is 3.29. The fourth-order valence-electron chi connectivity index (χ4n) is 3.29. The predicted molar refractivity (Wildman–Crippen MR) is 99.5 cm³/mol. The number of rotatable bonds is 3. The first-order chi connectivity index (χ1) is 13.2. The number of nitrogen functional groups attached to an aromatic ring is 1. The van der Waals surface area contributed by atoms with E-state index in [0.29, 0.717) is 22.6 Å². The van der Waals surface area contributed by atoms with Gasteiger partial charge in [0.1, 0.15) is 29.5 Å². The molecule has 7 nitrogen and oxygen atoms in total. The first kappa shape index (κ1) is 15.4. The molecule has 0 aliphatic rings. The Balaban J connectivity index is 1.80. The second-order valence-electron chi connectivity index (χ2n) is 6.15. The van der Waals surface area contributed by atoms with Crippen molar-refractivity contribution in [3.05, 3.63) is 78.4 Å². The predicted octanol–water partition coefficient (Wildman–Crippen LogP) is 3.06. The van der Waals surface area contributed by atoms with Crippen LogP contribution in [-0.2, 0) is 0 Å². The fraction of sp³-hybridized carbons (Fsp3) is 0.0526. The molecule has 27 heavy (non-hydrogen) atoms. The van der Waals surface area contributed by atoms with Gasteiger partial charge in [0.15, 0.2) is 11.5 Å². The quantitative estimate of drug-likeness (QED) is 0.516. The van der Waals surface area contributed by atoms with Gasteiger partial charge in [0, 0.05) is 5.56 Å². The van der Waals surface area contributed by atoms with Crippen molar-refractivity contribution in [3.8, 4) is 0 Å². The van der Waals surface area contributed by atoms with Gasteiger partial charge in [-0.05, 0) is 18.2 Å². The average Bonchev–Trinajstić information content (AvgIpc) is 3.29. The molecule has 3 heterocycles. The summed E-state index contributed by atoms with van der Waals surface area (Å²) in [6, 6.07) is 13.7. The van der Waals surface area contributed by atoms with E-state index in [1.165, 1.54) is 12.4 Å². The lowest BCUT2D eigenvalue weighted by Crippen LogP contribution is -2.15. The van der Waals surface area contributed by atoms with Gasteiger partial charge < -0.3 is 10.7 Å². The molecule has 0 radical (unpaired) electrons. The molecule has 0 saturated heterocycles.